The summed E-state index contributed by atoms with van der Waals surface area (Å²) in [4.78, 5) is 44.1. The molecule has 0 spiro atoms. The van der Waals surface area contributed by atoms with E-state index in [0.717, 1.165) is 42.3 Å². The van der Waals surface area contributed by atoms with E-state index in [9.17, 15) is 24.6 Å². The molecule has 3 amide bonds. The van der Waals surface area contributed by atoms with Gasteiger partial charge in [0.2, 0.25) is 17.7 Å². The molecular formula is C34H46N6O5. The number of amides is 3. The SMILES string of the molecule is C[C@@H]1C[C@@H](O)CN1C(=O)[C@@H](NC(=O)CCCCCNC(=O)[C@H]1CCc2[nH]c3nnc(-c4ccccc4O)cc3c2C1)C(C)(C)C. The maximum Gasteiger partial charge on any atom is 0.246 e. The predicted octanol–water partition coefficient (Wildman–Crippen LogP) is 3.62. The van der Waals surface area contributed by atoms with Crippen LogP contribution in [0.25, 0.3) is 22.3 Å². The number of aliphatic hydroxyl groups excluding tert-OH is 1. The van der Waals surface area contributed by atoms with Crippen LogP contribution in [0.4, 0.5) is 0 Å². The van der Waals surface area contributed by atoms with Crippen molar-refractivity contribution in [1.29, 1.82) is 0 Å². The maximum atomic E-state index is 13.2. The number of carbonyl (C=O) groups is 3. The van der Waals surface area contributed by atoms with Gasteiger partial charge in [-0.1, -0.05) is 39.3 Å². The number of aryl methyl sites for hydroxylation is 1. The number of unbranched alkanes of at least 4 members (excludes halogenated alkanes) is 2. The third-order valence-electron chi connectivity index (χ3n) is 9.13. The lowest BCUT2D eigenvalue weighted by Crippen LogP contribution is -2.55. The summed E-state index contributed by atoms with van der Waals surface area (Å²) in [5.41, 5.74) is 3.59. The molecule has 242 valence electrons. The van der Waals surface area contributed by atoms with Crippen molar-refractivity contribution in [3.63, 3.8) is 0 Å². The summed E-state index contributed by atoms with van der Waals surface area (Å²) >= 11 is 0. The third kappa shape index (κ3) is 7.46. The molecule has 1 aliphatic carbocycles. The number of β-amino-alcohol motifs (C(OH)–C–C–N with tert-alkyl or cyclic N) is 1. The second-order valence-electron chi connectivity index (χ2n) is 13.7. The van der Waals surface area contributed by atoms with E-state index >= 15 is 0 Å². The van der Waals surface area contributed by atoms with Crippen molar-refractivity contribution in [3.8, 4) is 17.0 Å². The monoisotopic (exact) mass is 618 g/mol. The fourth-order valence-corrected chi connectivity index (χ4v) is 6.55. The lowest BCUT2D eigenvalue weighted by molar-refractivity contribution is -0.140. The summed E-state index contributed by atoms with van der Waals surface area (Å²) in [5, 5.41) is 35.9. The van der Waals surface area contributed by atoms with E-state index in [1.54, 1.807) is 23.1 Å². The van der Waals surface area contributed by atoms with E-state index in [2.05, 4.69) is 25.8 Å². The van der Waals surface area contributed by atoms with Gasteiger partial charge in [0.15, 0.2) is 5.65 Å². The van der Waals surface area contributed by atoms with Crippen LogP contribution in [0.5, 0.6) is 5.75 Å². The molecule has 1 aliphatic heterocycles. The first-order valence-corrected chi connectivity index (χ1v) is 16.1. The van der Waals surface area contributed by atoms with Gasteiger partial charge in [0.25, 0.3) is 0 Å². The topological polar surface area (TPSA) is 161 Å². The number of aromatic hydroxyl groups is 1. The molecule has 1 aromatic carbocycles. The fourth-order valence-electron chi connectivity index (χ4n) is 6.55. The van der Waals surface area contributed by atoms with Gasteiger partial charge in [0.05, 0.1) is 11.8 Å². The number of likely N-dealkylation sites (tertiary alicyclic amines) is 1. The second kappa shape index (κ2) is 13.6. The minimum Gasteiger partial charge on any atom is -0.507 e. The van der Waals surface area contributed by atoms with Crippen molar-refractivity contribution >= 4 is 28.8 Å². The molecular weight excluding hydrogens is 572 g/mol. The third-order valence-corrected chi connectivity index (χ3v) is 9.13. The van der Waals surface area contributed by atoms with E-state index in [-0.39, 0.29) is 35.4 Å². The molecule has 5 rings (SSSR count). The van der Waals surface area contributed by atoms with Crippen molar-refractivity contribution in [1.82, 2.24) is 30.7 Å². The number of hydrogen-bond acceptors (Lipinski definition) is 7. The number of nitrogens with one attached hydrogen (secondary N) is 3. The van der Waals surface area contributed by atoms with Gasteiger partial charge in [-0.25, -0.2) is 0 Å². The number of carbonyl (C=O) groups excluding carboxylic acids is 3. The highest BCUT2D eigenvalue weighted by Gasteiger charge is 2.40. The second-order valence-corrected chi connectivity index (χ2v) is 13.7. The lowest BCUT2D eigenvalue weighted by Gasteiger charge is -2.35. The Hall–Kier alpha value is -3.99. The molecule has 1 fully saturated rings. The van der Waals surface area contributed by atoms with Crippen LogP contribution in [0.2, 0.25) is 0 Å². The Bertz CT molecular complexity index is 1550. The van der Waals surface area contributed by atoms with Gasteiger partial charge in [-0.2, -0.15) is 0 Å². The number of H-pyrrole nitrogens is 1. The number of para-hydroxylation sites is 1. The van der Waals surface area contributed by atoms with Gasteiger partial charge in [-0.3, -0.25) is 14.4 Å². The Kier molecular flexibility index (Phi) is 9.76. The first-order chi connectivity index (χ1) is 21.4. The molecule has 0 saturated carbocycles. The van der Waals surface area contributed by atoms with E-state index in [1.807, 2.05) is 39.8 Å². The summed E-state index contributed by atoms with van der Waals surface area (Å²) in [5.74, 6) is -0.272. The Balaban J connectivity index is 1.07. The Morgan fingerprint density at radius 3 is 2.62 bits per heavy atom. The molecule has 0 radical (unpaired) electrons. The number of phenolic OH excluding ortho intramolecular Hbond substituents is 1. The van der Waals surface area contributed by atoms with E-state index in [4.69, 9.17) is 0 Å². The summed E-state index contributed by atoms with van der Waals surface area (Å²) in [7, 11) is 0. The molecule has 0 bridgehead atoms. The summed E-state index contributed by atoms with van der Waals surface area (Å²) in [6.07, 6.45) is 4.64. The van der Waals surface area contributed by atoms with Gasteiger partial charge < -0.3 is 30.7 Å². The van der Waals surface area contributed by atoms with Crippen molar-refractivity contribution in [2.45, 2.75) is 97.2 Å². The zero-order chi connectivity index (χ0) is 32.3. The number of rotatable bonds is 10. The Morgan fingerprint density at radius 1 is 1.13 bits per heavy atom. The molecule has 2 aliphatic rings. The summed E-state index contributed by atoms with van der Waals surface area (Å²) in [6, 6.07) is 8.25. The minimum atomic E-state index is -0.658. The van der Waals surface area contributed by atoms with Gasteiger partial charge >= 0.3 is 0 Å². The first kappa shape index (κ1) is 32.4. The molecule has 3 aromatic rings. The molecule has 11 nitrogen and oxygen atoms in total. The summed E-state index contributed by atoms with van der Waals surface area (Å²) < 4.78 is 0. The normalized spacial score (nSPS) is 20.6. The van der Waals surface area contributed by atoms with E-state index in [1.165, 1.54) is 0 Å². The largest absolute Gasteiger partial charge is 0.507 e. The quantitative estimate of drug-likeness (QED) is 0.217. The number of benzene rings is 1. The number of aromatic amines is 1. The number of nitrogens with zero attached hydrogens (tertiary/aromatic N) is 3. The van der Waals surface area contributed by atoms with Crippen molar-refractivity contribution < 1.29 is 24.6 Å². The number of phenols is 1. The molecule has 45 heavy (non-hydrogen) atoms. The average Bonchev–Trinajstić information content (AvgIpc) is 3.54. The first-order valence-electron chi connectivity index (χ1n) is 16.1. The molecule has 11 heteroatoms. The number of aliphatic hydroxyl groups is 1. The highest BCUT2D eigenvalue weighted by molar-refractivity contribution is 5.89. The maximum absolute atomic E-state index is 13.2. The number of fused-ring (bicyclic) bond motifs is 3. The van der Waals surface area contributed by atoms with Crippen LogP contribution < -0.4 is 10.6 Å². The van der Waals surface area contributed by atoms with Crippen LogP contribution in [-0.4, -0.2) is 79.3 Å². The molecule has 2 aromatic heterocycles. The highest BCUT2D eigenvalue weighted by atomic mass is 16.3. The van der Waals surface area contributed by atoms with Crippen molar-refractivity contribution in [3.05, 3.63) is 41.6 Å². The van der Waals surface area contributed by atoms with Gasteiger partial charge in [-0.15, -0.1) is 10.2 Å². The standard InChI is InChI=1S/C34H46N6O5/c1-20-16-22(41)19-40(20)33(45)30(34(2,3)4)37-29(43)12-6-5-9-15-35-32(44)21-13-14-26-24(17-21)25-18-27(38-39-31(25)36-26)23-10-7-8-11-28(23)42/h7-8,10-11,18,20-22,30,41-42H,5-6,9,12-17,19H2,1-4H3,(H,35,44)(H,36,39)(H,37,43)/t20-,21+,22-,30-/m1/s1. The van der Waals surface area contributed by atoms with Crippen LogP contribution in [0.3, 0.4) is 0 Å². The van der Waals surface area contributed by atoms with Gasteiger partial charge in [0.1, 0.15) is 11.8 Å². The lowest BCUT2D eigenvalue weighted by atomic mass is 9.85. The smallest absolute Gasteiger partial charge is 0.246 e. The number of aromatic nitrogens is 3. The molecule has 5 N–H and O–H groups in total. The van der Waals surface area contributed by atoms with Crippen LogP contribution in [-0.2, 0) is 27.2 Å². The van der Waals surface area contributed by atoms with Gasteiger partial charge in [0, 0.05) is 48.1 Å². The predicted molar refractivity (Wildman–Crippen MR) is 171 cm³/mol. The zero-order valence-corrected chi connectivity index (χ0v) is 26.7. The van der Waals surface area contributed by atoms with Crippen LogP contribution in [0.15, 0.2) is 30.3 Å². The molecule has 4 atom stereocenters. The van der Waals surface area contributed by atoms with Crippen LogP contribution in [0, 0.1) is 11.3 Å². The highest BCUT2D eigenvalue weighted by Crippen LogP contribution is 2.34. The van der Waals surface area contributed by atoms with Crippen LogP contribution >= 0.6 is 0 Å². The summed E-state index contributed by atoms with van der Waals surface area (Å²) in [6.45, 7) is 8.56. The van der Waals surface area contributed by atoms with Crippen molar-refractivity contribution in [2.24, 2.45) is 11.3 Å². The van der Waals surface area contributed by atoms with Crippen molar-refractivity contribution in [2.75, 3.05) is 13.1 Å². The molecule has 1 saturated heterocycles. The minimum absolute atomic E-state index is 0.0310. The number of hydrogen-bond donors (Lipinski definition) is 5. The van der Waals surface area contributed by atoms with Crippen LogP contribution in [0.1, 0.15) is 77.5 Å². The Labute approximate surface area is 264 Å². The molecule has 0 unspecified atom stereocenters. The zero-order valence-electron chi connectivity index (χ0n) is 26.7. The fraction of sp³-hybridized carbons (Fsp3) is 0.559. The molecule has 3 heterocycles. The average molecular weight is 619 g/mol. The Morgan fingerprint density at radius 2 is 1.91 bits per heavy atom. The van der Waals surface area contributed by atoms with Gasteiger partial charge in [-0.05, 0) is 74.6 Å². The van der Waals surface area contributed by atoms with E-state index < -0.39 is 17.6 Å². The van der Waals surface area contributed by atoms with E-state index in [0.29, 0.717) is 55.7 Å².